The quantitative estimate of drug-likeness (QED) is 0.344. The highest BCUT2D eigenvalue weighted by Gasteiger charge is 2.36. The van der Waals surface area contributed by atoms with Crippen LogP contribution in [-0.4, -0.2) is 4.98 Å². The molecule has 0 bridgehead atoms. The SMILES string of the molecule is CC1=Cc2[nH]c3ccccc3c2C(C)(C)C1=CC=CC=CC=CC1=C(C)C=C2N=c3ccccc3=C2C1(C)C. The molecule has 2 aliphatic carbocycles. The van der Waals surface area contributed by atoms with Crippen LogP contribution >= 0.6 is 0 Å². The molecule has 3 aliphatic rings. The normalized spacial score (nSPS) is 20.6. The smallest absolute Gasteiger partial charge is 0.0713 e. The van der Waals surface area contributed by atoms with Crippen LogP contribution in [0.3, 0.4) is 0 Å². The lowest BCUT2D eigenvalue weighted by molar-refractivity contribution is 0.603. The summed E-state index contributed by atoms with van der Waals surface area (Å²) in [5, 5.41) is 3.65. The Kier molecular flexibility index (Phi) is 5.95. The van der Waals surface area contributed by atoms with E-state index in [0.717, 1.165) is 11.1 Å². The van der Waals surface area contributed by atoms with E-state index in [0.29, 0.717) is 0 Å². The van der Waals surface area contributed by atoms with Crippen LogP contribution < -0.4 is 10.6 Å². The number of nitrogens with zero attached hydrogens (tertiary/aromatic N) is 1. The van der Waals surface area contributed by atoms with Crippen molar-refractivity contribution in [2.24, 2.45) is 10.4 Å². The van der Waals surface area contributed by atoms with Crippen molar-refractivity contribution in [1.29, 1.82) is 0 Å². The second-order valence-electron chi connectivity index (χ2n) is 11.9. The van der Waals surface area contributed by atoms with E-state index in [9.17, 15) is 0 Å². The van der Waals surface area contributed by atoms with Gasteiger partial charge in [0.05, 0.1) is 11.1 Å². The Morgan fingerprint density at radius 1 is 0.769 bits per heavy atom. The molecule has 39 heavy (non-hydrogen) atoms. The van der Waals surface area contributed by atoms with Gasteiger partial charge in [-0.3, -0.25) is 0 Å². The van der Waals surface area contributed by atoms with Crippen LogP contribution in [-0.2, 0) is 5.41 Å². The lowest BCUT2D eigenvalue weighted by atomic mass is 9.70. The third-order valence-electron chi connectivity index (χ3n) is 8.54. The van der Waals surface area contributed by atoms with Gasteiger partial charge < -0.3 is 4.98 Å². The summed E-state index contributed by atoms with van der Waals surface area (Å²) in [7, 11) is 0. The highest BCUT2D eigenvalue weighted by molar-refractivity contribution is 5.91. The van der Waals surface area contributed by atoms with Crippen LogP contribution in [0.4, 0.5) is 0 Å². The lowest BCUT2D eigenvalue weighted by Crippen LogP contribution is -2.29. The van der Waals surface area contributed by atoms with Crippen LogP contribution in [0.1, 0.15) is 52.8 Å². The van der Waals surface area contributed by atoms with Crippen LogP contribution in [0.2, 0.25) is 0 Å². The summed E-state index contributed by atoms with van der Waals surface area (Å²) in [5.74, 6) is 0. The van der Waals surface area contributed by atoms with E-state index in [4.69, 9.17) is 4.99 Å². The largest absolute Gasteiger partial charge is 0.355 e. The van der Waals surface area contributed by atoms with E-state index in [1.165, 1.54) is 55.2 Å². The number of rotatable bonds is 4. The number of benzene rings is 2. The zero-order valence-electron chi connectivity index (χ0n) is 23.8. The molecule has 0 saturated heterocycles. The molecule has 0 saturated carbocycles. The van der Waals surface area contributed by atoms with E-state index in [-0.39, 0.29) is 10.8 Å². The van der Waals surface area contributed by atoms with Crippen molar-refractivity contribution in [3.8, 4) is 0 Å². The molecule has 194 valence electrons. The molecule has 1 aromatic heterocycles. The van der Waals surface area contributed by atoms with Crippen molar-refractivity contribution < 1.29 is 0 Å². The van der Waals surface area contributed by atoms with E-state index in [2.05, 4.69) is 150 Å². The fraction of sp³-hybridized carbons (Fsp3) is 0.216. The number of para-hydroxylation sites is 2. The molecule has 0 unspecified atom stereocenters. The highest BCUT2D eigenvalue weighted by atomic mass is 14.8. The summed E-state index contributed by atoms with van der Waals surface area (Å²) in [6, 6.07) is 17.1. The Labute approximate surface area is 231 Å². The predicted molar refractivity (Wildman–Crippen MR) is 166 cm³/mol. The summed E-state index contributed by atoms with van der Waals surface area (Å²) in [6.07, 6.45) is 19.7. The van der Waals surface area contributed by atoms with Crippen molar-refractivity contribution in [3.63, 3.8) is 0 Å². The molecule has 0 atom stereocenters. The minimum atomic E-state index is -0.105. The van der Waals surface area contributed by atoms with Crippen LogP contribution in [0.15, 0.2) is 130 Å². The standard InChI is InChI=1S/C37H36N2/c1-24-22-32-34(26-16-12-14-20-30(26)38-32)36(3,4)28(24)18-10-8-7-9-11-19-29-25(2)23-33-35(37(29,5)6)27-17-13-15-21-31(27)39-33/h7-23,38H,1-6H3. The predicted octanol–water partition coefficient (Wildman–Crippen LogP) is 8.18. The Balaban J connectivity index is 1.22. The van der Waals surface area contributed by atoms with E-state index >= 15 is 0 Å². The van der Waals surface area contributed by atoms with Gasteiger partial charge >= 0.3 is 0 Å². The van der Waals surface area contributed by atoms with Gasteiger partial charge in [0.25, 0.3) is 0 Å². The van der Waals surface area contributed by atoms with Gasteiger partial charge in [-0.15, -0.1) is 0 Å². The zero-order valence-corrected chi connectivity index (χ0v) is 23.8. The average molecular weight is 509 g/mol. The third-order valence-corrected chi connectivity index (χ3v) is 8.54. The second-order valence-corrected chi connectivity index (χ2v) is 11.9. The molecule has 2 heteroatoms. The Bertz CT molecular complexity index is 1850. The zero-order chi connectivity index (χ0) is 27.4. The van der Waals surface area contributed by atoms with Gasteiger partial charge in [0.2, 0.25) is 0 Å². The van der Waals surface area contributed by atoms with Crippen molar-refractivity contribution in [1.82, 2.24) is 4.98 Å². The molecule has 1 N–H and O–H groups in total. The fourth-order valence-electron chi connectivity index (χ4n) is 6.82. The summed E-state index contributed by atoms with van der Waals surface area (Å²) in [6.45, 7) is 13.7. The first-order valence-electron chi connectivity index (χ1n) is 13.8. The number of aromatic nitrogens is 1. The molecular weight excluding hydrogens is 472 g/mol. The molecule has 3 aromatic rings. The van der Waals surface area contributed by atoms with Gasteiger partial charge in [-0.25, -0.2) is 4.99 Å². The molecule has 0 radical (unpaired) electrons. The average Bonchev–Trinajstić information content (AvgIpc) is 3.45. The number of hydrogen-bond donors (Lipinski definition) is 1. The van der Waals surface area contributed by atoms with Crippen molar-refractivity contribution in [3.05, 3.63) is 147 Å². The molecule has 2 aromatic carbocycles. The first-order chi connectivity index (χ1) is 18.7. The summed E-state index contributed by atoms with van der Waals surface area (Å²) in [5.41, 5.74) is 11.3. The minimum Gasteiger partial charge on any atom is -0.355 e. The maximum atomic E-state index is 4.89. The van der Waals surface area contributed by atoms with E-state index in [1.54, 1.807) is 0 Å². The van der Waals surface area contributed by atoms with Crippen molar-refractivity contribution in [2.45, 2.75) is 47.0 Å². The molecule has 2 heterocycles. The maximum absolute atomic E-state index is 4.89. The minimum absolute atomic E-state index is 0.0759. The van der Waals surface area contributed by atoms with Gasteiger partial charge in [0.15, 0.2) is 0 Å². The van der Waals surface area contributed by atoms with Gasteiger partial charge in [-0.2, -0.15) is 0 Å². The highest BCUT2D eigenvalue weighted by Crippen LogP contribution is 2.47. The first kappa shape index (κ1) is 25.1. The summed E-state index contributed by atoms with van der Waals surface area (Å²) < 4.78 is 0. The fourth-order valence-corrected chi connectivity index (χ4v) is 6.82. The van der Waals surface area contributed by atoms with Crippen molar-refractivity contribution >= 4 is 22.6 Å². The van der Waals surface area contributed by atoms with Gasteiger partial charge in [-0.1, -0.05) is 107 Å². The Morgan fingerprint density at radius 3 is 2.33 bits per heavy atom. The van der Waals surface area contributed by atoms with E-state index < -0.39 is 0 Å². The monoisotopic (exact) mass is 508 g/mol. The Hall–Kier alpha value is -4.17. The number of hydrogen-bond acceptors (Lipinski definition) is 1. The third kappa shape index (κ3) is 4.06. The second kappa shape index (κ2) is 9.24. The number of nitrogens with one attached hydrogen (secondary N) is 1. The van der Waals surface area contributed by atoms with E-state index in [1.807, 2.05) is 0 Å². The molecule has 6 rings (SSSR count). The van der Waals surface area contributed by atoms with Crippen LogP contribution in [0.5, 0.6) is 0 Å². The molecular formula is C37H36N2. The molecule has 2 nitrogen and oxygen atoms in total. The van der Waals surface area contributed by atoms with Crippen LogP contribution in [0.25, 0.3) is 22.6 Å². The Morgan fingerprint density at radius 2 is 1.49 bits per heavy atom. The lowest BCUT2D eigenvalue weighted by Gasteiger charge is -2.33. The number of allylic oxidation sites excluding steroid dienone is 13. The summed E-state index contributed by atoms with van der Waals surface area (Å²) in [4.78, 5) is 8.51. The first-order valence-corrected chi connectivity index (χ1v) is 13.8. The van der Waals surface area contributed by atoms with Crippen LogP contribution in [0, 0.1) is 5.41 Å². The molecule has 1 aliphatic heterocycles. The number of fused-ring (bicyclic) bond motifs is 5. The van der Waals surface area contributed by atoms with Gasteiger partial charge in [-0.05, 0) is 71.6 Å². The van der Waals surface area contributed by atoms with Crippen molar-refractivity contribution in [2.75, 3.05) is 0 Å². The number of aromatic amines is 1. The maximum Gasteiger partial charge on any atom is 0.0713 e. The van der Waals surface area contributed by atoms with Gasteiger partial charge in [0.1, 0.15) is 0 Å². The van der Waals surface area contributed by atoms with Gasteiger partial charge in [0, 0.05) is 32.6 Å². The summed E-state index contributed by atoms with van der Waals surface area (Å²) >= 11 is 0. The molecule has 0 amide bonds. The number of H-pyrrole nitrogens is 1. The topological polar surface area (TPSA) is 28.1 Å². The molecule has 0 spiro atoms. The molecule has 0 fully saturated rings.